The number of thioether (sulfide) groups is 1. The Morgan fingerprint density at radius 1 is 1.47 bits per heavy atom. The van der Waals surface area contributed by atoms with Gasteiger partial charge in [-0.3, -0.25) is 0 Å². The zero-order valence-corrected chi connectivity index (χ0v) is 11.3. The molecule has 0 atom stereocenters. The first-order valence-electron chi connectivity index (χ1n) is 4.69. The van der Waals surface area contributed by atoms with Gasteiger partial charge in [0.05, 0.1) is 0 Å². The first-order chi connectivity index (χ1) is 6.88. The van der Waals surface area contributed by atoms with E-state index in [1.54, 1.807) is 17.8 Å². The second-order valence-corrected chi connectivity index (χ2v) is 6.06. The average Bonchev–Trinajstić information content (AvgIpc) is 2.07. The Kier molecular flexibility index (Phi) is 4.62. The molecule has 1 rings (SSSR count). The summed E-state index contributed by atoms with van der Waals surface area (Å²) in [6.07, 6.45) is 0. The maximum absolute atomic E-state index is 12.8. The molecule has 2 N–H and O–H groups in total. The van der Waals surface area contributed by atoms with Crippen LogP contribution in [0.1, 0.15) is 19.4 Å². The topological polar surface area (TPSA) is 26.0 Å². The van der Waals surface area contributed by atoms with Crippen LogP contribution < -0.4 is 5.73 Å². The van der Waals surface area contributed by atoms with Crippen molar-refractivity contribution in [2.24, 2.45) is 5.73 Å². The van der Waals surface area contributed by atoms with Gasteiger partial charge in [0.25, 0.3) is 0 Å². The highest BCUT2D eigenvalue weighted by atomic mass is 79.9. The Balaban J connectivity index is 2.51. The molecule has 0 saturated carbocycles. The monoisotopic (exact) mass is 291 g/mol. The van der Waals surface area contributed by atoms with E-state index in [1.165, 1.54) is 12.1 Å². The molecule has 0 unspecified atom stereocenters. The number of hydrogen-bond acceptors (Lipinski definition) is 2. The Bertz CT molecular complexity index is 336. The van der Waals surface area contributed by atoms with E-state index in [0.29, 0.717) is 0 Å². The third kappa shape index (κ3) is 5.00. The quantitative estimate of drug-likeness (QED) is 0.918. The molecular formula is C11H15BrFNS. The second-order valence-electron chi connectivity index (χ2n) is 4.22. The summed E-state index contributed by atoms with van der Waals surface area (Å²) >= 11 is 5.10. The first-order valence-corrected chi connectivity index (χ1v) is 6.64. The van der Waals surface area contributed by atoms with Crippen LogP contribution in [0.2, 0.25) is 0 Å². The van der Waals surface area contributed by atoms with Crippen LogP contribution in [0.25, 0.3) is 0 Å². The molecule has 0 radical (unpaired) electrons. The molecule has 0 aliphatic heterocycles. The number of halogens is 2. The summed E-state index contributed by atoms with van der Waals surface area (Å²) in [4.78, 5) is 0. The van der Waals surface area contributed by atoms with E-state index in [4.69, 9.17) is 5.73 Å². The molecule has 0 fully saturated rings. The summed E-state index contributed by atoms with van der Waals surface area (Å²) in [5.74, 6) is 1.52. The van der Waals surface area contributed by atoms with Gasteiger partial charge >= 0.3 is 0 Å². The van der Waals surface area contributed by atoms with Crippen molar-refractivity contribution in [3.8, 4) is 0 Å². The second kappa shape index (κ2) is 5.32. The van der Waals surface area contributed by atoms with Crippen LogP contribution >= 0.6 is 27.7 Å². The maximum Gasteiger partial charge on any atom is 0.124 e. The number of benzene rings is 1. The van der Waals surface area contributed by atoms with Crippen molar-refractivity contribution in [1.82, 2.24) is 0 Å². The first kappa shape index (κ1) is 13.0. The Labute approximate surface area is 103 Å². The molecule has 1 nitrogen and oxygen atoms in total. The fourth-order valence-electron chi connectivity index (χ4n) is 1.06. The summed E-state index contributed by atoms with van der Waals surface area (Å²) in [6.45, 7) is 4.00. The van der Waals surface area contributed by atoms with E-state index >= 15 is 0 Å². The van der Waals surface area contributed by atoms with E-state index in [0.717, 1.165) is 21.5 Å². The van der Waals surface area contributed by atoms with Gasteiger partial charge in [0.2, 0.25) is 0 Å². The van der Waals surface area contributed by atoms with Crippen molar-refractivity contribution < 1.29 is 4.39 Å². The van der Waals surface area contributed by atoms with Crippen LogP contribution in [-0.2, 0) is 5.75 Å². The van der Waals surface area contributed by atoms with Crippen LogP contribution in [0.4, 0.5) is 4.39 Å². The molecule has 0 bridgehead atoms. The Hall–Kier alpha value is -0.0600. The minimum atomic E-state index is -0.213. The van der Waals surface area contributed by atoms with Crippen LogP contribution in [0.15, 0.2) is 22.7 Å². The summed E-state index contributed by atoms with van der Waals surface area (Å²) in [7, 11) is 0. The zero-order valence-electron chi connectivity index (χ0n) is 8.89. The van der Waals surface area contributed by atoms with E-state index in [9.17, 15) is 4.39 Å². The number of rotatable bonds is 4. The molecule has 1 aromatic carbocycles. The van der Waals surface area contributed by atoms with Gasteiger partial charge in [-0.15, -0.1) is 0 Å². The zero-order chi connectivity index (χ0) is 11.5. The van der Waals surface area contributed by atoms with Crippen molar-refractivity contribution in [2.75, 3.05) is 5.75 Å². The van der Waals surface area contributed by atoms with E-state index in [-0.39, 0.29) is 11.4 Å². The van der Waals surface area contributed by atoms with Crippen molar-refractivity contribution in [1.29, 1.82) is 0 Å². The van der Waals surface area contributed by atoms with Gasteiger partial charge in [-0.2, -0.15) is 11.8 Å². The van der Waals surface area contributed by atoms with Crippen molar-refractivity contribution >= 4 is 27.7 Å². The average molecular weight is 292 g/mol. The molecule has 0 aliphatic rings. The van der Waals surface area contributed by atoms with Gasteiger partial charge < -0.3 is 5.73 Å². The SMILES string of the molecule is CC(C)(N)CSCc1ccc(F)cc1Br. The van der Waals surface area contributed by atoms with E-state index in [2.05, 4.69) is 15.9 Å². The molecule has 4 heteroatoms. The van der Waals surface area contributed by atoms with Gasteiger partial charge in [-0.05, 0) is 31.5 Å². The smallest absolute Gasteiger partial charge is 0.124 e. The van der Waals surface area contributed by atoms with Crippen molar-refractivity contribution in [3.63, 3.8) is 0 Å². The molecule has 0 aromatic heterocycles. The Morgan fingerprint density at radius 3 is 2.67 bits per heavy atom. The normalized spacial score (nSPS) is 11.8. The van der Waals surface area contributed by atoms with Gasteiger partial charge in [0.1, 0.15) is 5.82 Å². The lowest BCUT2D eigenvalue weighted by molar-refractivity contribution is 0.591. The molecule has 0 heterocycles. The summed E-state index contributed by atoms with van der Waals surface area (Å²) < 4.78 is 13.6. The van der Waals surface area contributed by atoms with Crippen molar-refractivity contribution in [2.45, 2.75) is 25.1 Å². The van der Waals surface area contributed by atoms with Crippen LogP contribution in [-0.4, -0.2) is 11.3 Å². The molecule has 84 valence electrons. The van der Waals surface area contributed by atoms with Crippen LogP contribution in [0, 0.1) is 5.82 Å². The minimum Gasteiger partial charge on any atom is -0.325 e. The summed E-state index contributed by atoms with van der Waals surface area (Å²) in [5, 5.41) is 0. The third-order valence-electron chi connectivity index (χ3n) is 1.75. The Morgan fingerprint density at radius 2 is 2.13 bits per heavy atom. The summed E-state index contributed by atoms with van der Waals surface area (Å²) in [5.41, 5.74) is 6.82. The van der Waals surface area contributed by atoms with Crippen molar-refractivity contribution in [3.05, 3.63) is 34.1 Å². The van der Waals surface area contributed by atoms with Crippen LogP contribution in [0.3, 0.4) is 0 Å². The lowest BCUT2D eigenvalue weighted by Crippen LogP contribution is -2.34. The maximum atomic E-state index is 12.8. The molecule has 0 saturated heterocycles. The molecule has 15 heavy (non-hydrogen) atoms. The largest absolute Gasteiger partial charge is 0.325 e. The fourth-order valence-corrected chi connectivity index (χ4v) is 2.84. The van der Waals surface area contributed by atoms with Gasteiger partial charge in [0, 0.05) is 21.5 Å². The lowest BCUT2D eigenvalue weighted by atomic mass is 10.1. The van der Waals surface area contributed by atoms with Crippen LogP contribution in [0.5, 0.6) is 0 Å². The van der Waals surface area contributed by atoms with E-state index in [1.807, 2.05) is 13.8 Å². The highest BCUT2D eigenvalue weighted by Gasteiger charge is 2.10. The van der Waals surface area contributed by atoms with Gasteiger partial charge in [-0.1, -0.05) is 22.0 Å². The molecule has 0 amide bonds. The molecule has 0 aliphatic carbocycles. The lowest BCUT2D eigenvalue weighted by Gasteiger charge is -2.17. The fraction of sp³-hybridized carbons (Fsp3) is 0.455. The van der Waals surface area contributed by atoms with E-state index < -0.39 is 0 Å². The standard InChI is InChI=1S/C11H15BrFNS/c1-11(2,14)7-15-6-8-3-4-9(13)5-10(8)12/h3-5H,6-7,14H2,1-2H3. The third-order valence-corrected chi connectivity index (χ3v) is 3.95. The summed E-state index contributed by atoms with van der Waals surface area (Å²) in [6, 6.07) is 4.77. The van der Waals surface area contributed by atoms with Gasteiger partial charge in [0.15, 0.2) is 0 Å². The highest BCUT2D eigenvalue weighted by Crippen LogP contribution is 2.23. The number of nitrogens with two attached hydrogens (primary N) is 1. The molecule has 0 spiro atoms. The predicted molar refractivity (Wildman–Crippen MR) is 68.5 cm³/mol. The number of hydrogen-bond donors (Lipinski definition) is 1. The predicted octanol–water partition coefficient (Wildman–Crippen LogP) is 3.56. The highest BCUT2D eigenvalue weighted by molar-refractivity contribution is 9.10. The molecule has 1 aromatic rings. The molecular weight excluding hydrogens is 277 g/mol. The van der Waals surface area contributed by atoms with Gasteiger partial charge in [-0.25, -0.2) is 4.39 Å². The minimum absolute atomic E-state index is 0.156.